The molecule has 104 valence electrons. The lowest BCUT2D eigenvalue weighted by Gasteiger charge is -2.06. The molecule has 0 atom stereocenters. The van der Waals surface area contributed by atoms with E-state index in [0.717, 1.165) is 5.56 Å². The number of aromatic nitrogens is 2. The fourth-order valence-electron chi connectivity index (χ4n) is 1.63. The van der Waals surface area contributed by atoms with E-state index in [4.69, 9.17) is 4.74 Å². The first kappa shape index (κ1) is 13.5. The number of ether oxygens (including phenoxy) is 1. The number of aromatic amines is 1. The smallest absolute Gasteiger partial charge is 0.310 e. The number of nitrogens with one attached hydrogen (secondary N) is 2. The van der Waals surface area contributed by atoms with Crippen molar-refractivity contribution in [3.05, 3.63) is 45.6 Å². The van der Waals surface area contributed by atoms with Crippen LogP contribution in [0.2, 0.25) is 0 Å². The van der Waals surface area contributed by atoms with Gasteiger partial charge < -0.3 is 10.1 Å². The Kier molecular flexibility index (Phi) is 3.65. The topological polar surface area (TPSA) is 110 Å². The van der Waals surface area contributed by atoms with Crippen LogP contribution in [0, 0.1) is 17.0 Å². The van der Waals surface area contributed by atoms with Crippen molar-refractivity contribution in [1.29, 1.82) is 0 Å². The molecule has 0 fully saturated rings. The molecule has 2 aromatic rings. The summed E-state index contributed by atoms with van der Waals surface area (Å²) in [5.74, 6) is 0.0989. The molecule has 0 aliphatic heterocycles. The number of nitrogens with zero attached hydrogens (tertiary/aromatic N) is 2. The molecule has 0 unspecified atom stereocenters. The van der Waals surface area contributed by atoms with Crippen LogP contribution in [0.4, 0.5) is 11.5 Å². The molecule has 8 heteroatoms. The van der Waals surface area contributed by atoms with Gasteiger partial charge in [0.05, 0.1) is 18.2 Å². The van der Waals surface area contributed by atoms with E-state index in [-0.39, 0.29) is 17.0 Å². The van der Waals surface area contributed by atoms with E-state index in [1.807, 2.05) is 0 Å². The van der Waals surface area contributed by atoms with Gasteiger partial charge in [-0.1, -0.05) is 0 Å². The van der Waals surface area contributed by atoms with Crippen molar-refractivity contribution in [2.24, 2.45) is 0 Å². The lowest BCUT2D eigenvalue weighted by molar-refractivity contribution is -0.385. The van der Waals surface area contributed by atoms with Crippen LogP contribution >= 0.6 is 0 Å². The van der Waals surface area contributed by atoms with Crippen molar-refractivity contribution in [2.75, 3.05) is 12.4 Å². The minimum atomic E-state index is -0.570. The molecule has 0 bridgehead atoms. The standard InChI is InChI=1S/C12H12N4O4/c1-7-6-13-15-11(7)14-12(17)8-3-4-9(16(18)19)10(5-8)20-2/h3-6H,1-2H3,(H2,13,14,15,17). The van der Waals surface area contributed by atoms with Crippen molar-refractivity contribution in [3.63, 3.8) is 0 Å². The van der Waals surface area contributed by atoms with E-state index in [1.165, 1.54) is 25.3 Å². The molecule has 0 saturated carbocycles. The lowest BCUT2D eigenvalue weighted by atomic mass is 10.1. The second-order valence-electron chi connectivity index (χ2n) is 4.03. The molecule has 20 heavy (non-hydrogen) atoms. The minimum Gasteiger partial charge on any atom is -0.490 e. The van der Waals surface area contributed by atoms with Crippen LogP contribution in [-0.4, -0.2) is 28.1 Å². The molecule has 0 saturated heterocycles. The predicted octanol–water partition coefficient (Wildman–Crippen LogP) is 1.89. The zero-order chi connectivity index (χ0) is 14.7. The average Bonchev–Trinajstić information content (AvgIpc) is 2.83. The van der Waals surface area contributed by atoms with Gasteiger partial charge in [0.2, 0.25) is 0 Å². The molecule has 1 amide bonds. The summed E-state index contributed by atoms with van der Waals surface area (Å²) in [4.78, 5) is 22.2. The van der Waals surface area contributed by atoms with Crippen molar-refractivity contribution in [3.8, 4) is 5.75 Å². The summed E-state index contributed by atoms with van der Waals surface area (Å²) in [5, 5.41) is 19.8. The third-order valence-corrected chi connectivity index (χ3v) is 2.71. The highest BCUT2D eigenvalue weighted by molar-refractivity contribution is 6.04. The Morgan fingerprint density at radius 3 is 2.80 bits per heavy atom. The third-order valence-electron chi connectivity index (χ3n) is 2.71. The monoisotopic (exact) mass is 276 g/mol. The fraction of sp³-hybridized carbons (Fsp3) is 0.167. The van der Waals surface area contributed by atoms with E-state index in [9.17, 15) is 14.9 Å². The molecular formula is C12H12N4O4. The van der Waals surface area contributed by atoms with Gasteiger partial charge in [0, 0.05) is 23.3 Å². The first-order valence-corrected chi connectivity index (χ1v) is 5.66. The molecule has 1 aromatic heterocycles. The van der Waals surface area contributed by atoms with Crippen molar-refractivity contribution < 1.29 is 14.5 Å². The maximum atomic E-state index is 12.0. The molecule has 0 spiro atoms. The maximum Gasteiger partial charge on any atom is 0.310 e. The first-order valence-electron chi connectivity index (χ1n) is 5.66. The van der Waals surface area contributed by atoms with Crippen LogP contribution in [0.1, 0.15) is 15.9 Å². The minimum absolute atomic E-state index is 0.0315. The first-order chi connectivity index (χ1) is 9.52. The highest BCUT2D eigenvalue weighted by atomic mass is 16.6. The molecule has 0 aliphatic rings. The Morgan fingerprint density at radius 2 is 2.25 bits per heavy atom. The highest BCUT2D eigenvalue weighted by Gasteiger charge is 2.18. The number of hydrogen-bond donors (Lipinski definition) is 2. The zero-order valence-corrected chi connectivity index (χ0v) is 10.8. The molecule has 1 heterocycles. The molecule has 2 rings (SSSR count). The number of nitro groups is 1. The molecule has 0 aliphatic carbocycles. The van der Waals surface area contributed by atoms with E-state index in [1.54, 1.807) is 13.1 Å². The average molecular weight is 276 g/mol. The van der Waals surface area contributed by atoms with Gasteiger partial charge in [0.25, 0.3) is 5.91 Å². The molecule has 0 radical (unpaired) electrons. The molecule has 2 N–H and O–H groups in total. The molecule has 8 nitrogen and oxygen atoms in total. The van der Waals surface area contributed by atoms with E-state index < -0.39 is 10.8 Å². The SMILES string of the molecule is COc1cc(C(=O)Nc2[nH]ncc2C)ccc1[N+](=O)[O-]. The largest absolute Gasteiger partial charge is 0.490 e. The van der Waals surface area contributed by atoms with E-state index >= 15 is 0 Å². The highest BCUT2D eigenvalue weighted by Crippen LogP contribution is 2.27. The van der Waals surface area contributed by atoms with Crippen LogP contribution in [0.3, 0.4) is 0 Å². The molecule has 1 aromatic carbocycles. The van der Waals surface area contributed by atoms with Gasteiger partial charge >= 0.3 is 5.69 Å². The summed E-state index contributed by atoms with van der Waals surface area (Å²) in [7, 11) is 1.31. The summed E-state index contributed by atoms with van der Waals surface area (Å²) in [6.45, 7) is 1.79. The van der Waals surface area contributed by atoms with Crippen molar-refractivity contribution in [2.45, 2.75) is 6.92 Å². The number of aryl methyl sites for hydroxylation is 1. The van der Waals surface area contributed by atoms with Crippen molar-refractivity contribution >= 4 is 17.4 Å². The van der Waals surface area contributed by atoms with Crippen LogP contribution in [0.5, 0.6) is 5.75 Å². The molecular weight excluding hydrogens is 264 g/mol. The lowest BCUT2D eigenvalue weighted by Crippen LogP contribution is -2.13. The number of benzene rings is 1. The van der Waals surface area contributed by atoms with Crippen LogP contribution in [-0.2, 0) is 0 Å². The summed E-state index contributed by atoms with van der Waals surface area (Å²) in [6.07, 6.45) is 1.58. The van der Waals surface area contributed by atoms with E-state index in [0.29, 0.717) is 5.82 Å². The van der Waals surface area contributed by atoms with Gasteiger partial charge in [-0.2, -0.15) is 5.10 Å². The number of nitro benzene ring substituents is 1. The third kappa shape index (κ3) is 2.58. The quantitative estimate of drug-likeness (QED) is 0.654. The van der Waals surface area contributed by atoms with Gasteiger partial charge in [-0.05, 0) is 13.0 Å². The Morgan fingerprint density at radius 1 is 1.50 bits per heavy atom. The number of H-pyrrole nitrogens is 1. The number of rotatable bonds is 4. The van der Waals surface area contributed by atoms with Crippen LogP contribution in [0.25, 0.3) is 0 Å². The summed E-state index contributed by atoms with van der Waals surface area (Å²) in [6, 6.07) is 3.91. The number of carbonyl (C=O) groups excluding carboxylic acids is 1. The van der Waals surface area contributed by atoms with Crippen molar-refractivity contribution in [1.82, 2.24) is 10.2 Å². The fourth-order valence-corrected chi connectivity index (χ4v) is 1.63. The number of anilines is 1. The zero-order valence-electron chi connectivity index (χ0n) is 10.8. The predicted molar refractivity (Wildman–Crippen MR) is 70.9 cm³/mol. The Bertz CT molecular complexity index is 665. The van der Waals surface area contributed by atoms with Gasteiger partial charge in [-0.3, -0.25) is 20.0 Å². The normalized spacial score (nSPS) is 10.1. The van der Waals surface area contributed by atoms with Gasteiger partial charge in [0.1, 0.15) is 5.82 Å². The second kappa shape index (κ2) is 5.39. The number of carbonyl (C=O) groups is 1. The van der Waals surface area contributed by atoms with Gasteiger partial charge in [-0.15, -0.1) is 0 Å². The second-order valence-corrected chi connectivity index (χ2v) is 4.03. The number of methoxy groups -OCH3 is 1. The van der Waals surface area contributed by atoms with Gasteiger partial charge in [-0.25, -0.2) is 0 Å². The maximum absolute atomic E-state index is 12.0. The van der Waals surface area contributed by atoms with Crippen LogP contribution < -0.4 is 10.1 Å². The Hall–Kier alpha value is -2.90. The summed E-state index contributed by atoms with van der Waals surface area (Å²) < 4.78 is 4.91. The Labute approximate surface area is 113 Å². The van der Waals surface area contributed by atoms with Crippen LogP contribution in [0.15, 0.2) is 24.4 Å². The number of amides is 1. The summed E-state index contributed by atoms with van der Waals surface area (Å²) >= 11 is 0. The van der Waals surface area contributed by atoms with E-state index in [2.05, 4.69) is 15.5 Å². The summed E-state index contributed by atoms with van der Waals surface area (Å²) in [5.41, 5.74) is 0.843. The number of hydrogen-bond acceptors (Lipinski definition) is 5. The Balaban J connectivity index is 2.27. The van der Waals surface area contributed by atoms with Gasteiger partial charge in [0.15, 0.2) is 5.75 Å².